The van der Waals surface area contributed by atoms with Crippen LogP contribution < -0.4 is 10.1 Å². The number of nitrogens with zero attached hydrogens (tertiary/aromatic N) is 1. The molecule has 1 aliphatic rings. The largest absolute Gasteiger partial charge is 0.497 e. The van der Waals surface area contributed by atoms with Gasteiger partial charge in [0.1, 0.15) is 5.75 Å². The lowest BCUT2D eigenvalue weighted by Crippen LogP contribution is -2.29. The van der Waals surface area contributed by atoms with E-state index in [0.29, 0.717) is 24.5 Å². The molecule has 1 saturated heterocycles. The van der Waals surface area contributed by atoms with Crippen molar-refractivity contribution >= 4 is 17.5 Å². The topological polar surface area (TPSA) is 58.6 Å². The molecule has 0 bridgehead atoms. The molecule has 1 heterocycles. The number of hydrogen-bond donors (Lipinski definition) is 1. The highest BCUT2D eigenvalue weighted by atomic mass is 16.5. The number of benzene rings is 2. The first kappa shape index (κ1) is 18.0. The number of aryl methyl sites for hydroxylation is 1. The van der Waals surface area contributed by atoms with E-state index in [0.717, 1.165) is 12.8 Å². The van der Waals surface area contributed by atoms with Crippen molar-refractivity contribution in [3.05, 3.63) is 60.2 Å². The molecule has 1 fully saturated rings. The van der Waals surface area contributed by atoms with Gasteiger partial charge in [0.25, 0.3) is 0 Å². The Bertz CT molecular complexity index is 761. The molecule has 0 aliphatic carbocycles. The quantitative estimate of drug-likeness (QED) is 0.833. The van der Waals surface area contributed by atoms with Gasteiger partial charge in [0.05, 0.1) is 13.0 Å². The normalized spacial score (nSPS) is 16.6. The minimum absolute atomic E-state index is 0.0591. The van der Waals surface area contributed by atoms with Crippen LogP contribution in [-0.2, 0) is 16.0 Å². The maximum Gasteiger partial charge on any atom is 0.229 e. The first-order valence-electron chi connectivity index (χ1n) is 8.92. The average Bonchev–Trinajstić information content (AvgIpc) is 3.04. The molecular weight excluding hydrogens is 328 g/mol. The summed E-state index contributed by atoms with van der Waals surface area (Å²) < 4.78 is 5.16. The number of carbonyl (C=O) groups excluding carboxylic acids is 2. The van der Waals surface area contributed by atoms with E-state index in [1.807, 2.05) is 36.4 Å². The van der Waals surface area contributed by atoms with Gasteiger partial charge in [-0.25, -0.2) is 0 Å². The molecule has 1 atom stereocenters. The van der Waals surface area contributed by atoms with E-state index in [9.17, 15) is 9.59 Å². The number of hydrogen-bond acceptors (Lipinski definition) is 3. The van der Waals surface area contributed by atoms with Gasteiger partial charge in [-0.05, 0) is 30.5 Å². The monoisotopic (exact) mass is 352 g/mol. The summed E-state index contributed by atoms with van der Waals surface area (Å²) in [6.07, 6.45) is 2.12. The smallest absolute Gasteiger partial charge is 0.229 e. The predicted octanol–water partition coefficient (Wildman–Crippen LogP) is 3.12. The van der Waals surface area contributed by atoms with E-state index in [1.54, 1.807) is 18.1 Å². The molecule has 1 N–H and O–H groups in total. The molecular formula is C21H24N2O3. The lowest BCUT2D eigenvalue weighted by atomic mass is 10.1. The molecule has 3 rings (SSSR count). The molecule has 1 aliphatic heterocycles. The first-order valence-corrected chi connectivity index (χ1v) is 8.92. The molecule has 26 heavy (non-hydrogen) atoms. The summed E-state index contributed by atoms with van der Waals surface area (Å²) in [5.41, 5.74) is 1.95. The van der Waals surface area contributed by atoms with Crippen molar-refractivity contribution in [2.24, 2.45) is 5.92 Å². The second-order valence-electron chi connectivity index (χ2n) is 6.55. The number of ether oxygens (including phenoxy) is 1. The van der Waals surface area contributed by atoms with E-state index in [-0.39, 0.29) is 24.2 Å². The van der Waals surface area contributed by atoms with Gasteiger partial charge in [0.15, 0.2) is 0 Å². The molecule has 0 aromatic heterocycles. The summed E-state index contributed by atoms with van der Waals surface area (Å²) in [6, 6.07) is 17.5. The summed E-state index contributed by atoms with van der Waals surface area (Å²) in [5.74, 6) is 0.333. The lowest BCUT2D eigenvalue weighted by Gasteiger charge is -2.16. The van der Waals surface area contributed by atoms with Crippen LogP contribution in [0, 0.1) is 5.92 Å². The number of rotatable bonds is 7. The van der Waals surface area contributed by atoms with Crippen LogP contribution in [-0.4, -0.2) is 36.9 Å². The van der Waals surface area contributed by atoms with Gasteiger partial charge in [0.2, 0.25) is 11.8 Å². The summed E-state index contributed by atoms with van der Waals surface area (Å²) >= 11 is 0. The van der Waals surface area contributed by atoms with Crippen LogP contribution >= 0.6 is 0 Å². The van der Waals surface area contributed by atoms with Crippen LogP contribution in [0.15, 0.2) is 54.6 Å². The fourth-order valence-electron chi connectivity index (χ4n) is 3.23. The number of amides is 2. The third-order valence-corrected chi connectivity index (χ3v) is 4.66. The minimum atomic E-state index is -0.301. The molecule has 2 aromatic rings. The second-order valence-corrected chi connectivity index (χ2v) is 6.55. The molecule has 0 spiro atoms. The molecule has 2 aromatic carbocycles. The van der Waals surface area contributed by atoms with Gasteiger partial charge in [-0.2, -0.15) is 0 Å². The number of likely N-dealkylation sites (tertiary alicyclic amines) is 1. The Hall–Kier alpha value is -2.82. The molecule has 5 heteroatoms. The standard InChI is InChI=1S/C21H24N2O3/c1-26-19-11-5-10-18(14-19)22-21(25)17-13-20(24)23(15-17)12-6-9-16-7-3-2-4-8-16/h2-5,7-8,10-11,14,17H,6,9,12-13,15H2,1H3,(H,22,25). The van der Waals surface area contributed by atoms with Crippen LogP contribution in [0.3, 0.4) is 0 Å². The van der Waals surface area contributed by atoms with Gasteiger partial charge < -0.3 is 15.0 Å². The van der Waals surface area contributed by atoms with Crippen LogP contribution in [0.4, 0.5) is 5.69 Å². The van der Waals surface area contributed by atoms with Crippen molar-refractivity contribution in [1.82, 2.24) is 4.90 Å². The van der Waals surface area contributed by atoms with E-state index in [2.05, 4.69) is 17.4 Å². The number of nitrogens with one attached hydrogen (secondary N) is 1. The Labute approximate surface area is 154 Å². The number of anilines is 1. The molecule has 2 amide bonds. The average molecular weight is 352 g/mol. The van der Waals surface area contributed by atoms with Crippen molar-refractivity contribution in [2.45, 2.75) is 19.3 Å². The number of carbonyl (C=O) groups is 2. The second kappa shape index (κ2) is 8.52. The molecule has 0 saturated carbocycles. The fourth-order valence-corrected chi connectivity index (χ4v) is 3.23. The van der Waals surface area contributed by atoms with Gasteiger partial charge >= 0.3 is 0 Å². The van der Waals surface area contributed by atoms with Crippen LogP contribution in [0.1, 0.15) is 18.4 Å². The van der Waals surface area contributed by atoms with E-state index in [1.165, 1.54) is 5.56 Å². The van der Waals surface area contributed by atoms with Crippen molar-refractivity contribution in [1.29, 1.82) is 0 Å². The summed E-state index contributed by atoms with van der Waals surface area (Å²) in [4.78, 5) is 26.5. The zero-order chi connectivity index (χ0) is 18.4. The highest BCUT2D eigenvalue weighted by Gasteiger charge is 2.33. The van der Waals surface area contributed by atoms with E-state index >= 15 is 0 Å². The van der Waals surface area contributed by atoms with Crippen molar-refractivity contribution in [2.75, 3.05) is 25.5 Å². The lowest BCUT2D eigenvalue weighted by molar-refractivity contribution is -0.128. The molecule has 136 valence electrons. The number of methoxy groups -OCH3 is 1. The Kier molecular flexibility index (Phi) is 5.89. The third-order valence-electron chi connectivity index (χ3n) is 4.66. The molecule has 1 unspecified atom stereocenters. The summed E-state index contributed by atoms with van der Waals surface area (Å²) in [7, 11) is 1.59. The Morgan fingerprint density at radius 3 is 2.77 bits per heavy atom. The zero-order valence-corrected chi connectivity index (χ0v) is 15.0. The fraction of sp³-hybridized carbons (Fsp3) is 0.333. The summed E-state index contributed by atoms with van der Waals surface area (Å²) in [5, 5.41) is 2.88. The van der Waals surface area contributed by atoms with Gasteiger partial charge in [-0.3, -0.25) is 9.59 Å². The van der Waals surface area contributed by atoms with E-state index in [4.69, 9.17) is 4.74 Å². The predicted molar refractivity (Wildman–Crippen MR) is 101 cm³/mol. The Morgan fingerprint density at radius 1 is 1.19 bits per heavy atom. The Balaban J connectivity index is 1.49. The minimum Gasteiger partial charge on any atom is -0.497 e. The van der Waals surface area contributed by atoms with Gasteiger partial charge in [0, 0.05) is 31.3 Å². The highest BCUT2D eigenvalue weighted by Crippen LogP contribution is 2.22. The van der Waals surface area contributed by atoms with Crippen LogP contribution in [0.5, 0.6) is 5.75 Å². The Morgan fingerprint density at radius 2 is 2.00 bits per heavy atom. The third kappa shape index (κ3) is 4.63. The van der Waals surface area contributed by atoms with Crippen LogP contribution in [0.2, 0.25) is 0 Å². The SMILES string of the molecule is COc1cccc(NC(=O)C2CC(=O)N(CCCc3ccccc3)C2)c1. The zero-order valence-electron chi connectivity index (χ0n) is 15.0. The molecule has 5 nitrogen and oxygen atoms in total. The van der Waals surface area contributed by atoms with E-state index < -0.39 is 0 Å². The molecule has 0 radical (unpaired) electrons. The van der Waals surface area contributed by atoms with Crippen molar-refractivity contribution in [3.8, 4) is 5.75 Å². The van der Waals surface area contributed by atoms with Crippen LogP contribution in [0.25, 0.3) is 0 Å². The first-order chi connectivity index (χ1) is 12.7. The maximum atomic E-state index is 12.5. The van der Waals surface area contributed by atoms with Gasteiger partial charge in [-0.15, -0.1) is 0 Å². The maximum absolute atomic E-state index is 12.5. The highest BCUT2D eigenvalue weighted by molar-refractivity contribution is 5.97. The van der Waals surface area contributed by atoms with Crippen molar-refractivity contribution < 1.29 is 14.3 Å². The summed E-state index contributed by atoms with van der Waals surface area (Å²) in [6.45, 7) is 1.18. The van der Waals surface area contributed by atoms with Crippen molar-refractivity contribution in [3.63, 3.8) is 0 Å². The van der Waals surface area contributed by atoms with Gasteiger partial charge in [-0.1, -0.05) is 36.4 Å².